The monoisotopic (exact) mass is 218 g/mol. The average molecular weight is 218 g/mol. The lowest BCUT2D eigenvalue weighted by atomic mass is 10.0. The van der Waals surface area contributed by atoms with E-state index in [-0.39, 0.29) is 0 Å². The molecule has 0 aliphatic heterocycles. The van der Waals surface area contributed by atoms with Crippen molar-refractivity contribution in [2.24, 2.45) is 0 Å². The van der Waals surface area contributed by atoms with Crippen LogP contribution in [0.4, 0.5) is 5.82 Å². The Hall–Kier alpha value is -1.97. The van der Waals surface area contributed by atoms with Gasteiger partial charge < -0.3 is 15.0 Å². The van der Waals surface area contributed by atoms with E-state index in [2.05, 4.69) is 5.16 Å². The molecule has 0 unspecified atom stereocenters. The quantitative estimate of drug-likeness (QED) is 0.841. The Kier molecular flexibility index (Phi) is 2.56. The summed E-state index contributed by atoms with van der Waals surface area (Å²) in [5.41, 5.74) is 8.60. The highest BCUT2D eigenvalue weighted by molar-refractivity contribution is 5.68. The number of anilines is 1. The van der Waals surface area contributed by atoms with Crippen molar-refractivity contribution in [3.63, 3.8) is 0 Å². The molecule has 0 fully saturated rings. The summed E-state index contributed by atoms with van der Waals surface area (Å²) in [6, 6.07) is 5.67. The van der Waals surface area contributed by atoms with Crippen molar-refractivity contribution in [3.05, 3.63) is 29.3 Å². The lowest BCUT2D eigenvalue weighted by Crippen LogP contribution is -1.93. The number of aromatic nitrogens is 1. The van der Waals surface area contributed by atoms with Gasteiger partial charge in [-0.15, -0.1) is 0 Å². The fraction of sp³-hybridized carbons (Fsp3) is 0.250. The van der Waals surface area contributed by atoms with Crippen LogP contribution in [0.2, 0.25) is 0 Å². The highest BCUT2D eigenvalue weighted by Gasteiger charge is 2.12. The van der Waals surface area contributed by atoms with Gasteiger partial charge in [-0.3, -0.25) is 0 Å². The Morgan fingerprint density at radius 1 is 1.31 bits per heavy atom. The third-order valence-electron chi connectivity index (χ3n) is 2.60. The van der Waals surface area contributed by atoms with Gasteiger partial charge in [0.1, 0.15) is 5.75 Å². The summed E-state index contributed by atoms with van der Waals surface area (Å²) in [5, 5.41) is 3.67. The molecule has 2 N–H and O–H groups in total. The zero-order valence-electron chi connectivity index (χ0n) is 9.57. The van der Waals surface area contributed by atoms with Crippen LogP contribution in [0.15, 0.2) is 22.7 Å². The first-order chi connectivity index (χ1) is 7.63. The van der Waals surface area contributed by atoms with E-state index in [0.717, 1.165) is 22.4 Å². The van der Waals surface area contributed by atoms with Gasteiger partial charge in [0.05, 0.1) is 7.11 Å². The minimum absolute atomic E-state index is 0.383. The van der Waals surface area contributed by atoms with Crippen LogP contribution in [-0.2, 0) is 0 Å². The van der Waals surface area contributed by atoms with Crippen LogP contribution in [0.3, 0.4) is 0 Å². The maximum Gasteiger partial charge on any atom is 0.169 e. The number of aryl methyl sites for hydroxylation is 1. The second-order valence-electron chi connectivity index (χ2n) is 3.70. The molecule has 0 saturated carbocycles. The van der Waals surface area contributed by atoms with Crippen molar-refractivity contribution in [1.29, 1.82) is 0 Å². The minimum atomic E-state index is 0.383. The standard InChI is InChI=1S/C12H14N2O2/c1-7-4-5-9(8(2)12(7)15-3)10-6-11(13)14-16-10/h4-6H,1-3H3,(H2,13,14). The van der Waals surface area contributed by atoms with E-state index in [1.807, 2.05) is 26.0 Å². The van der Waals surface area contributed by atoms with Gasteiger partial charge in [-0.1, -0.05) is 17.3 Å². The molecule has 0 radical (unpaired) electrons. The molecule has 4 heteroatoms. The van der Waals surface area contributed by atoms with E-state index in [0.29, 0.717) is 11.6 Å². The summed E-state index contributed by atoms with van der Waals surface area (Å²) >= 11 is 0. The van der Waals surface area contributed by atoms with Gasteiger partial charge in [-0.2, -0.15) is 0 Å². The van der Waals surface area contributed by atoms with E-state index in [4.69, 9.17) is 15.0 Å². The maximum atomic E-state index is 5.53. The van der Waals surface area contributed by atoms with Crippen LogP contribution in [-0.4, -0.2) is 12.3 Å². The smallest absolute Gasteiger partial charge is 0.169 e. The van der Waals surface area contributed by atoms with Crippen LogP contribution < -0.4 is 10.5 Å². The zero-order chi connectivity index (χ0) is 11.7. The maximum absolute atomic E-state index is 5.53. The number of benzene rings is 1. The predicted octanol–water partition coefficient (Wildman–Crippen LogP) is 2.55. The van der Waals surface area contributed by atoms with Gasteiger partial charge in [0.15, 0.2) is 11.6 Å². The third kappa shape index (κ3) is 1.62. The van der Waals surface area contributed by atoms with Crippen molar-refractivity contribution in [1.82, 2.24) is 5.16 Å². The SMILES string of the molecule is COc1c(C)ccc(-c2cc(N)no2)c1C. The molecule has 16 heavy (non-hydrogen) atoms. The van der Waals surface area contributed by atoms with Crippen molar-refractivity contribution < 1.29 is 9.26 Å². The van der Waals surface area contributed by atoms with Gasteiger partial charge >= 0.3 is 0 Å². The molecular formula is C12H14N2O2. The van der Waals surface area contributed by atoms with Crippen LogP contribution in [0.5, 0.6) is 5.75 Å². The second-order valence-corrected chi connectivity index (χ2v) is 3.70. The first kappa shape index (κ1) is 10.5. The van der Waals surface area contributed by atoms with E-state index in [1.165, 1.54) is 0 Å². The van der Waals surface area contributed by atoms with Gasteiger partial charge in [-0.25, -0.2) is 0 Å². The fourth-order valence-electron chi connectivity index (χ4n) is 1.82. The summed E-state index contributed by atoms with van der Waals surface area (Å²) in [5.74, 6) is 1.91. The van der Waals surface area contributed by atoms with Gasteiger partial charge in [-0.05, 0) is 19.4 Å². The van der Waals surface area contributed by atoms with Gasteiger partial charge in [0, 0.05) is 17.2 Å². The Bertz CT molecular complexity index is 518. The summed E-state index contributed by atoms with van der Waals surface area (Å²) in [4.78, 5) is 0. The molecule has 0 bridgehead atoms. The second kappa shape index (κ2) is 3.89. The van der Waals surface area contributed by atoms with Crippen molar-refractivity contribution >= 4 is 5.82 Å². The molecular weight excluding hydrogens is 204 g/mol. The van der Waals surface area contributed by atoms with Crippen molar-refractivity contribution in [2.45, 2.75) is 13.8 Å². The topological polar surface area (TPSA) is 61.3 Å². The number of rotatable bonds is 2. The Labute approximate surface area is 94.0 Å². The number of ether oxygens (including phenoxy) is 1. The van der Waals surface area contributed by atoms with E-state index < -0.39 is 0 Å². The molecule has 1 heterocycles. The zero-order valence-corrected chi connectivity index (χ0v) is 9.57. The van der Waals surface area contributed by atoms with Gasteiger partial charge in [0.25, 0.3) is 0 Å². The first-order valence-electron chi connectivity index (χ1n) is 5.00. The first-order valence-corrected chi connectivity index (χ1v) is 5.00. The highest BCUT2D eigenvalue weighted by atomic mass is 16.5. The van der Waals surface area contributed by atoms with E-state index in [1.54, 1.807) is 13.2 Å². The lowest BCUT2D eigenvalue weighted by Gasteiger charge is -2.10. The summed E-state index contributed by atoms with van der Waals surface area (Å²) in [6.45, 7) is 3.99. The molecule has 0 spiro atoms. The fourth-order valence-corrected chi connectivity index (χ4v) is 1.82. The Morgan fingerprint density at radius 3 is 2.62 bits per heavy atom. The Morgan fingerprint density at radius 2 is 2.06 bits per heavy atom. The molecule has 84 valence electrons. The number of nitrogens with zero attached hydrogens (tertiary/aromatic N) is 1. The Balaban J connectivity index is 2.58. The number of hydrogen-bond donors (Lipinski definition) is 1. The third-order valence-corrected chi connectivity index (χ3v) is 2.60. The molecule has 2 rings (SSSR count). The normalized spacial score (nSPS) is 10.4. The molecule has 0 aliphatic carbocycles. The largest absolute Gasteiger partial charge is 0.496 e. The number of methoxy groups -OCH3 is 1. The van der Waals surface area contributed by atoms with Crippen molar-refractivity contribution in [2.75, 3.05) is 12.8 Å². The molecule has 4 nitrogen and oxygen atoms in total. The highest BCUT2D eigenvalue weighted by Crippen LogP contribution is 2.33. The molecule has 0 saturated heterocycles. The number of hydrogen-bond acceptors (Lipinski definition) is 4. The summed E-state index contributed by atoms with van der Waals surface area (Å²) in [7, 11) is 1.66. The predicted molar refractivity (Wildman–Crippen MR) is 62.4 cm³/mol. The van der Waals surface area contributed by atoms with E-state index in [9.17, 15) is 0 Å². The minimum Gasteiger partial charge on any atom is -0.496 e. The summed E-state index contributed by atoms with van der Waals surface area (Å²) < 4.78 is 10.5. The average Bonchev–Trinajstić information content (AvgIpc) is 2.65. The van der Waals surface area contributed by atoms with Gasteiger partial charge in [0.2, 0.25) is 0 Å². The van der Waals surface area contributed by atoms with Crippen LogP contribution in [0.25, 0.3) is 11.3 Å². The molecule has 0 atom stereocenters. The van der Waals surface area contributed by atoms with Crippen LogP contribution in [0, 0.1) is 13.8 Å². The molecule has 2 aromatic rings. The number of nitrogen functional groups attached to an aromatic ring is 1. The lowest BCUT2D eigenvalue weighted by molar-refractivity contribution is 0.407. The molecule has 1 aromatic heterocycles. The summed E-state index contributed by atoms with van der Waals surface area (Å²) in [6.07, 6.45) is 0. The van der Waals surface area contributed by atoms with E-state index >= 15 is 0 Å². The van der Waals surface area contributed by atoms with Crippen LogP contribution in [0.1, 0.15) is 11.1 Å². The molecule has 1 aromatic carbocycles. The van der Waals surface area contributed by atoms with Crippen molar-refractivity contribution in [3.8, 4) is 17.1 Å². The van der Waals surface area contributed by atoms with Crippen LogP contribution >= 0.6 is 0 Å². The molecule has 0 aliphatic rings. The number of nitrogens with two attached hydrogens (primary N) is 1. The molecule has 0 amide bonds.